The van der Waals surface area contributed by atoms with Crippen LogP contribution in [-0.2, 0) is 4.79 Å². The van der Waals surface area contributed by atoms with Crippen molar-refractivity contribution in [3.63, 3.8) is 0 Å². The molecule has 0 radical (unpaired) electrons. The highest BCUT2D eigenvalue weighted by atomic mass is 16.1. The van der Waals surface area contributed by atoms with Crippen molar-refractivity contribution in [1.82, 2.24) is 9.80 Å². The van der Waals surface area contributed by atoms with Crippen molar-refractivity contribution in [2.24, 2.45) is 0 Å². The molecule has 0 aliphatic carbocycles. The molecule has 20 heavy (non-hydrogen) atoms. The lowest BCUT2D eigenvalue weighted by molar-refractivity contribution is -0.114. The van der Waals surface area contributed by atoms with Crippen LogP contribution in [0.2, 0.25) is 0 Å². The van der Waals surface area contributed by atoms with Crippen LogP contribution >= 0.6 is 0 Å². The normalized spacial score (nSPS) is 12.9. The number of carbonyl (C=O) groups excluding carboxylic acids is 1. The molecule has 0 aromatic carbocycles. The van der Waals surface area contributed by atoms with Gasteiger partial charge in [-0.25, -0.2) is 0 Å². The van der Waals surface area contributed by atoms with E-state index >= 15 is 0 Å². The number of ketones is 1. The van der Waals surface area contributed by atoms with Crippen molar-refractivity contribution >= 4 is 5.78 Å². The van der Waals surface area contributed by atoms with Gasteiger partial charge >= 0.3 is 0 Å². The summed E-state index contributed by atoms with van der Waals surface area (Å²) >= 11 is 0. The molecular formula is C17H28N2O. The Bertz CT molecular complexity index is 430. The Balaban J connectivity index is 5.81. The predicted molar refractivity (Wildman–Crippen MR) is 87.1 cm³/mol. The maximum atomic E-state index is 12.0. The van der Waals surface area contributed by atoms with Gasteiger partial charge in [0.2, 0.25) is 0 Å². The van der Waals surface area contributed by atoms with Crippen LogP contribution in [0.1, 0.15) is 34.6 Å². The molecule has 0 aliphatic heterocycles. The largest absolute Gasteiger partial charge is 0.372 e. The minimum absolute atomic E-state index is 0.0541. The second-order valence-electron chi connectivity index (χ2n) is 5.25. The summed E-state index contributed by atoms with van der Waals surface area (Å²) in [5.74, 6) is 0.0541. The van der Waals surface area contributed by atoms with E-state index in [0.29, 0.717) is 5.70 Å². The van der Waals surface area contributed by atoms with Crippen LogP contribution in [0, 0.1) is 0 Å². The Morgan fingerprint density at radius 1 is 1.25 bits per heavy atom. The molecule has 0 N–H and O–H groups in total. The third-order valence-electron chi connectivity index (χ3n) is 3.78. The van der Waals surface area contributed by atoms with Crippen molar-refractivity contribution in [3.05, 3.63) is 49.0 Å². The number of nitrogens with zero attached hydrogens (tertiary/aromatic N) is 2. The third kappa shape index (κ3) is 4.12. The zero-order chi connectivity index (χ0) is 15.9. The minimum Gasteiger partial charge on any atom is -0.372 e. The van der Waals surface area contributed by atoms with E-state index in [1.165, 1.54) is 0 Å². The average molecular weight is 276 g/mol. The molecule has 0 aromatic rings. The van der Waals surface area contributed by atoms with Crippen LogP contribution < -0.4 is 0 Å². The lowest BCUT2D eigenvalue weighted by atomic mass is 9.90. The summed E-state index contributed by atoms with van der Waals surface area (Å²) in [4.78, 5) is 16.0. The van der Waals surface area contributed by atoms with Gasteiger partial charge in [-0.15, -0.1) is 0 Å². The van der Waals surface area contributed by atoms with Gasteiger partial charge in [0.1, 0.15) is 0 Å². The van der Waals surface area contributed by atoms with E-state index in [1.54, 1.807) is 19.2 Å². The van der Waals surface area contributed by atoms with Gasteiger partial charge in [-0.05, 0) is 51.7 Å². The molecule has 3 heteroatoms. The van der Waals surface area contributed by atoms with Crippen LogP contribution in [-0.4, -0.2) is 34.7 Å². The molecule has 0 unspecified atom stereocenters. The van der Waals surface area contributed by atoms with Gasteiger partial charge in [-0.1, -0.05) is 19.2 Å². The van der Waals surface area contributed by atoms with E-state index in [-0.39, 0.29) is 11.3 Å². The molecule has 0 aromatic heterocycles. The number of likely N-dealkylation sites (N-methyl/N-ethyl adjacent to an activating group) is 2. The highest BCUT2D eigenvalue weighted by molar-refractivity contribution is 5.93. The van der Waals surface area contributed by atoms with Crippen molar-refractivity contribution in [2.45, 2.75) is 40.2 Å². The van der Waals surface area contributed by atoms with Gasteiger partial charge in [0, 0.05) is 20.5 Å². The summed E-state index contributed by atoms with van der Waals surface area (Å²) < 4.78 is 0. The molecule has 0 spiro atoms. The first-order valence-corrected chi connectivity index (χ1v) is 6.87. The van der Waals surface area contributed by atoms with Crippen molar-refractivity contribution in [2.75, 3.05) is 13.6 Å². The van der Waals surface area contributed by atoms with E-state index < -0.39 is 0 Å². The number of hydrogen-bond donors (Lipinski definition) is 0. The maximum absolute atomic E-state index is 12.0. The summed E-state index contributed by atoms with van der Waals surface area (Å²) in [6.07, 6.45) is 7.28. The first kappa shape index (κ1) is 18.2. The fraction of sp³-hybridized carbons (Fsp3) is 0.471. The second kappa shape index (κ2) is 7.73. The number of hydrogen-bond acceptors (Lipinski definition) is 3. The minimum atomic E-state index is -0.281. The molecule has 0 saturated carbocycles. The second-order valence-corrected chi connectivity index (χ2v) is 5.25. The maximum Gasteiger partial charge on any atom is 0.176 e. The molecule has 0 saturated heterocycles. The van der Waals surface area contributed by atoms with E-state index in [1.807, 2.05) is 38.1 Å². The van der Waals surface area contributed by atoms with Gasteiger partial charge < -0.3 is 9.80 Å². The smallest absolute Gasteiger partial charge is 0.176 e. The van der Waals surface area contributed by atoms with Gasteiger partial charge in [0.05, 0.1) is 11.2 Å². The Labute approximate surface area is 124 Å². The number of rotatable bonds is 8. The fourth-order valence-corrected chi connectivity index (χ4v) is 1.99. The van der Waals surface area contributed by atoms with E-state index in [2.05, 4.69) is 31.9 Å². The van der Waals surface area contributed by atoms with Crippen LogP contribution in [0.25, 0.3) is 0 Å². The molecule has 0 heterocycles. The van der Waals surface area contributed by atoms with Crippen molar-refractivity contribution < 1.29 is 4.79 Å². The predicted octanol–water partition coefficient (Wildman–Crippen LogP) is 3.72. The molecule has 112 valence electrons. The quantitative estimate of drug-likeness (QED) is 0.498. The van der Waals surface area contributed by atoms with Gasteiger partial charge in [0.15, 0.2) is 5.78 Å². The Morgan fingerprint density at radius 2 is 1.80 bits per heavy atom. The lowest BCUT2D eigenvalue weighted by Crippen LogP contribution is -2.41. The summed E-state index contributed by atoms with van der Waals surface area (Å²) in [6.45, 7) is 18.0. The van der Waals surface area contributed by atoms with Crippen LogP contribution in [0.5, 0.6) is 0 Å². The molecule has 0 atom stereocenters. The number of carbonyl (C=O) groups is 1. The average Bonchev–Trinajstić information content (AvgIpc) is 2.40. The number of allylic oxidation sites excluding steroid dienone is 3. The standard InChI is InChI=1S/C17H28N2O/c1-9-12-13-18(8)17(6,7)14(4)16(15(5)20)19(10-2)11-3/h9-10,12-13H,1-2,11H2,3-8H3/b13-12-,16-14-. The Kier molecular flexibility index (Phi) is 7.05. The zero-order valence-corrected chi connectivity index (χ0v) is 13.7. The number of Topliss-reactive ketones (excluding diaryl/α,β-unsaturated/α-hetero) is 1. The Morgan fingerprint density at radius 3 is 2.15 bits per heavy atom. The summed E-state index contributed by atoms with van der Waals surface area (Å²) in [5.41, 5.74) is 1.45. The summed E-state index contributed by atoms with van der Waals surface area (Å²) in [6, 6.07) is 0. The molecular weight excluding hydrogens is 248 g/mol. The van der Waals surface area contributed by atoms with Crippen LogP contribution in [0.3, 0.4) is 0 Å². The molecule has 3 nitrogen and oxygen atoms in total. The monoisotopic (exact) mass is 276 g/mol. The Hall–Kier alpha value is -1.77. The zero-order valence-electron chi connectivity index (χ0n) is 13.7. The van der Waals surface area contributed by atoms with Gasteiger partial charge in [0.25, 0.3) is 0 Å². The SMILES string of the molecule is C=C/C=C\N(C)C(C)(C)/C(C)=C(/C(C)=O)N(C=C)CC. The first-order chi connectivity index (χ1) is 9.23. The van der Waals surface area contributed by atoms with E-state index in [0.717, 1.165) is 12.1 Å². The lowest BCUT2D eigenvalue weighted by Gasteiger charge is -2.38. The highest BCUT2D eigenvalue weighted by Gasteiger charge is 2.29. The molecule has 0 rings (SSSR count). The third-order valence-corrected chi connectivity index (χ3v) is 3.78. The van der Waals surface area contributed by atoms with Crippen molar-refractivity contribution in [1.29, 1.82) is 0 Å². The van der Waals surface area contributed by atoms with E-state index in [9.17, 15) is 4.79 Å². The van der Waals surface area contributed by atoms with Gasteiger partial charge in [-0.2, -0.15) is 0 Å². The molecule has 0 aliphatic rings. The fourth-order valence-electron chi connectivity index (χ4n) is 1.99. The van der Waals surface area contributed by atoms with Crippen LogP contribution in [0.4, 0.5) is 0 Å². The first-order valence-electron chi connectivity index (χ1n) is 6.87. The van der Waals surface area contributed by atoms with E-state index in [4.69, 9.17) is 0 Å². The van der Waals surface area contributed by atoms with Crippen molar-refractivity contribution in [3.8, 4) is 0 Å². The van der Waals surface area contributed by atoms with Crippen LogP contribution in [0.15, 0.2) is 49.0 Å². The molecule has 0 amide bonds. The molecule has 0 bridgehead atoms. The summed E-state index contributed by atoms with van der Waals surface area (Å²) in [5, 5.41) is 0. The highest BCUT2D eigenvalue weighted by Crippen LogP contribution is 2.27. The molecule has 0 fully saturated rings. The summed E-state index contributed by atoms with van der Waals surface area (Å²) in [7, 11) is 1.99. The topological polar surface area (TPSA) is 23.6 Å². The van der Waals surface area contributed by atoms with Gasteiger partial charge in [-0.3, -0.25) is 4.79 Å².